The summed E-state index contributed by atoms with van der Waals surface area (Å²) in [7, 11) is 6.24. The Balaban J connectivity index is 0.000000128. The highest BCUT2D eigenvalue weighted by Crippen LogP contribution is 2.23. The summed E-state index contributed by atoms with van der Waals surface area (Å²) in [5.41, 5.74) is 4.75. The Bertz CT molecular complexity index is 1160. The van der Waals surface area contributed by atoms with Crippen molar-refractivity contribution < 1.29 is 0 Å². The molecule has 2 N–H and O–H groups in total. The highest BCUT2D eigenvalue weighted by atomic mass is 15.3. The van der Waals surface area contributed by atoms with Gasteiger partial charge in [-0.25, -0.2) is 4.98 Å². The fourth-order valence-electron chi connectivity index (χ4n) is 4.87. The Morgan fingerprint density at radius 2 is 1.78 bits per heavy atom. The van der Waals surface area contributed by atoms with Gasteiger partial charge in [0, 0.05) is 55.7 Å². The molecule has 6 heterocycles. The number of aromatic nitrogens is 7. The second kappa shape index (κ2) is 12.2. The van der Waals surface area contributed by atoms with Crippen LogP contribution in [0.2, 0.25) is 0 Å². The number of aromatic amines is 1. The van der Waals surface area contributed by atoms with Gasteiger partial charge in [-0.2, -0.15) is 5.10 Å². The lowest BCUT2D eigenvalue weighted by atomic mass is 10.1. The molecular formula is C26H40N10. The van der Waals surface area contributed by atoms with Crippen LogP contribution in [0.4, 0.5) is 0 Å². The van der Waals surface area contributed by atoms with E-state index in [4.69, 9.17) is 0 Å². The lowest BCUT2D eigenvalue weighted by Crippen LogP contribution is -2.32. The molecule has 4 aromatic rings. The lowest BCUT2D eigenvalue weighted by Gasteiger charge is -2.30. The Morgan fingerprint density at radius 3 is 2.47 bits per heavy atom. The van der Waals surface area contributed by atoms with Gasteiger partial charge in [-0.1, -0.05) is 6.07 Å². The Morgan fingerprint density at radius 1 is 1.03 bits per heavy atom. The number of rotatable bonds is 3. The minimum atomic E-state index is 0.612. The van der Waals surface area contributed by atoms with Gasteiger partial charge in [0.05, 0.1) is 11.9 Å². The van der Waals surface area contributed by atoms with E-state index in [0.717, 1.165) is 49.0 Å². The van der Waals surface area contributed by atoms with E-state index in [9.17, 15) is 0 Å². The van der Waals surface area contributed by atoms with Gasteiger partial charge in [0.1, 0.15) is 17.3 Å². The first-order valence-electron chi connectivity index (χ1n) is 12.8. The minimum absolute atomic E-state index is 0.612. The van der Waals surface area contributed by atoms with Crippen LogP contribution in [0.5, 0.6) is 0 Å². The monoisotopic (exact) mass is 492 g/mol. The number of pyridine rings is 1. The highest BCUT2D eigenvalue weighted by Gasteiger charge is 2.21. The smallest absolute Gasteiger partial charge is 0.137 e. The van der Waals surface area contributed by atoms with Crippen LogP contribution < -0.4 is 5.32 Å². The van der Waals surface area contributed by atoms with Crippen molar-refractivity contribution in [2.45, 2.75) is 52.2 Å². The average molecular weight is 493 g/mol. The molecule has 0 aliphatic carbocycles. The maximum absolute atomic E-state index is 4.40. The number of nitrogens with zero attached hydrogens (tertiary/aromatic N) is 8. The van der Waals surface area contributed by atoms with E-state index >= 15 is 0 Å². The van der Waals surface area contributed by atoms with Crippen molar-refractivity contribution in [3.05, 3.63) is 65.4 Å². The van der Waals surface area contributed by atoms with Crippen molar-refractivity contribution in [2.24, 2.45) is 0 Å². The lowest BCUT2D eigenvalue weighted by molar-refractivity contribution is 0.218. The fourth-order valence-corrected chi connectivity index (χ4v) is 4.87. The number of likely N-dealkylation sites (tertiary alicyclic amines) is 1. The summed E-state index contributed by atoms with van der Waals surface area (Å²) < 4.78 is 4.31. The Kier molecular flexibility index (Phi) is 8.84. The van der Waals surface area contributed by atoms with Crippen LogP contribution in [0, 0.1) is 13.8 Å². The maximum atomic E-state index is 4.40. The van der Waals surface area contributed by atoms with E-state index in [-0.39, 0.29) is 0 Å². The third kappa shape index (κ3) is 6.57. The SMILES string of the molecule is CN1CCc2[nH]ncc2C1.CNCc1cn2ccccc2n1.Cc1nnc(C)n1C1CCN(C)CC1. The van der Waals surface area contributed by atoms with Gasteiger partial charge in [0.2, 0.25) is 0 Å². The van der Waals surface area contributed by atoms with E-state index in [1.807, 2.05) is 62.1 Å². The van der Waals surface area contributed by atoms with Gasteiger partial charge in [-0.15, -0.1) is 10.2 Å². The molecule has 0 aromatic carbocycles. The van der Waals surface area contributed by atoms with Crippen molar-refractivity contribution in [1.29, 1.82) is 0 Å². The summed E-state index contributed by atoms with van der Waals surface area (Å²) in [5, 5.41) is 18.3. The predicted octanol–water partition coefficient (Wildman–Crippen LogP) is 2.61. The Labute approximate surface area is 213 Å². The molecule has 0 spiro atoms. The van der Waals surface area contributed by atoms with Crippen LogP contribution in [-0.2, 0) is 19.5 Å². The minimum Gasteiger partial charge on any atom is -0.314 e. The summed E-state index contributed by atoms with van der Waals surface area (Å²) >= 11 is 0. The van der Waals surface area contributed by atoms with Crippen molar-refractivity contribution in [3.63, 3.8) is 0 Å². The number of fused-ring (bicyclic) bond motifs is 2. The number of nitrogens with one attached hydrogen (secondary N) is 2. The maximum Gasteiger partial charge on any atom is 0.137 e. The fraction of sp³-hybridized carbons (Fsp3) is 0.538. The van der Waals surface area contributed by atoms with Gasteiger partial charge in [-0.05, 0) is 73.1 Å². The normalized spacial score (nSPS) is 16.7. The third-order valence-corrected chi connectivity index (χ3v) is 6.85. The van der Waals surface area contributed by atoms with Gasteiger partial charge >= 0.3 is 0 Å². The molecule has 0 bridgehead atoms. The van der Waals surface area contributed by atoms with E-state index in [1.165, 1.54) is 37.2 Å². The number of hydrogen-bond donors (Lipinski definition) is 2. The number of imidazole rings is 1. The predicted molar refractivity (Wildman–Crippen MR) is 142 cm³/mol. The largest absolute Gasteiger partial charge is 0.314 e. The summed E-state index contributed by atoms with van der Waals surface area (Å²) in [6.45, 7) is 9.46. The second-order valence-corrected chi connectivity index (χ2v) is 9.79. The van der Waals surface area contributed by atoms with Crippen LogP contribution >= 0.6 is 0 Å². The molecule has 0 radical (unpaired) electrons. The van der Waals surface area contributed by atoms with E-state index < -0.39 is 0 Å². The second-order valence-electron chi connectivity index (χ2n) is 9.79. The highest BCUT2D eigenvalue weighted by molar-refractivity contribution is 5.39. The van der Waals surface area contributed by atoms with Crippen LogP contribution in [-0.4, -0.2) is 84.9 Å². The summed E-state index contributed by atoms with van der Waals surface area (Å²) in [6, 6.07) is 6.60. The molecule has 10 heteroatoms. The summed E-state index contributed by atoms with van der Waals surface area (Å²) in [6.07, 6.45) is 9.51. The van der Waals surface area contributed by atoms with E-state index in [2.05, 4.69) is 59.2 Å². The molecule has 1 fully saturated rings. The molecule has 2 aliphatic rings. The zero-order chi connectivity index (χ0) is 25.5. The van der Waals surface area contributed by atoms with Crippen LogP contribution in [0.3, 0.4) is 0 Å². The van der Waals surface area contributed by atoms with Gasteiger partial charge in [0.25, 0.3) is 0 Å². The number of hydrogen-bond acceptors (Lipinski definition) is 7. The zero-order valence-corrected chi connectivity index (χ0v) is 22.3. The van der Waals surface area contributed by atoms with Crippen LogP contribution in [0.15, 0.2) is 36.8 Å². The molecule has 4 aromatic heterocycles. The first-order chi connectivity index (χ1) is 17.4. The third-order valence-electron chi connectivity index (χ3n) is 6.85. The molecular weight excluding hydrogens is 452 g/mol. The zero-order valence-electron chi connectivity index (χ0n) is 22.3. The average Bonchev–Trinajstić information content (AvgIpc) is 3.59. The molecule has 10 nitrogen and oxygen atoms in total. The first-order valence-corrected chi connectivity index (χ1v) is 12.8. The number of aryl methyl sites for hydroxylation is 2. The van der Waals surface area contributed by atoms with E-state index in [1.54, 1.807) is 0 Å². The Hall–Kier alpha value is -3.08. The molecule has 0 saturated carbocycles. The summed E-state index contributed by atoms with van der Waals surface area (Å²) in [4.78, 5) is 9.09. The first kappa shape index (κ1) is 26.0. The van der Waals surface area contributed by atoms with Crippen LogP contribution in [0.1, 0.15) is 47.5 Å². The molecule has 194 valence electrons. The molecule has 0 amide bonds. The number of H-pyrrole nitrogens is 1. The quantitative estimate of drug-likeness (QED) is 0.454. The molecule has 0 atom stereocenters. The van der Waals surface area contributed by atoms with Gasteiger partial charge in [0.15, 0.2) is 0 Å². The topological polar surface area (TPSA) is 95.2 Å². The van der Waals surface area contributed by atoms with Gasteiger partial charge < -0.3 is 24.1 Å². The van der Waals surface area contributed by atoms with Gasteiger partial charge in [-0.3, -0.25) is 5.10 Å². The standard InChI is InChI=1S/C10H18N4.C9H11N3.C7H11N3/c1-8-11-12-9(2)14(8)10-4-6-13(3)7-5-10;1-10-6-8-7-12-5-3-2-4-9(12)11-8;1-10-3-2-7-6(5-10)4-8-9-7/h10H,4-7H2,1-3H3;2-5,7,10H,6H2,1H3;4H,2-3,5H2,1H3,(H,8,9). The molecule has 1 saturated heterocycles. The molecule has 2 aliphatic heterocycles. The molecule has 36 heavy (non-hydrogen) atoms. The van der Waals surface area contributed by atoms with Crippen molar-refractivity contribution >= 4 is 5.65 Å². The van der Waals surface area contributed by atoms with Crippen molar-refractivity contribution in [3.8, 4) is 0 Å². The molecule has 6 rings (SSSR count). The van der Waals surface area contributed by atoms with Crippen molar-refractivity contribution in [2.75, 3.05) is 40.8 Å². The molecule has 0 unspecified atom stereocenters. The van der Waals surface area contributed by atoms with Crippen molar-refractivity contribution in [1.82, 2.24) is 49.5 Å². The number of likely N-dealkylation sites (N-methyl/N-ethyl adjacent to an activating group) is 1. The van der Waals surface area contributed by atoms with E-state index in [0.29, 0.717) is 6.04 Å². The summed E-state index contributed by atoms with van der Waals surface area (Å²) in [5.74, 6) is 2.11. The van der Waals surface area contributed by atoms with Crippen LogP contribution in [0.25, 0.3) is 5.65 Å². The number of piperidine rings is 1.